The quantitative estimate of drug-likeness (QED) is 0.558. The average molecular weight is 426 g/mol. The molecular weight excluding hydrogens is 390 g/mol. The number of carbonyl (C=O) groups excluding carboxylic acids is 1. The van der Waals surface area contributed by atoms with Gasteiger partial charge in [0.2, 0.25) is 0 Å². The highest BCUT2D eigenvalue weighted by atomic mass is 16.6. The molecule has 5 rings (SSSR count). The van der Waals surface area contributed by atoms with E-state index >= 15 is 0 Å². The number of rotatable bonds is 3. The van der Waals surface area contributed by atoms with Crippen LogP contribution in [0.3, 0.4) is 0 Å². The fourth-order valence-corrected chi connectivity index (χ4v) is 6.87. The number of ether oxygens (including phenoxy) is 2. The molecule has 0 spiro atoms. The number of benzene rings is 1. The van der Waals surface area contributed by atoms with Gasteiger partial charge in [0, 0.05) is 25.0 Å². The van der Waals surface area contributed by atoms with Crippen molar-refractivity contribution in [1.82, 2.24) is 4.90 Å². The van der Waals surface area contributed by atoms with E-state index in [0.717, 1.165) is 32.4 Å². The maximum absolute atomic E-state index is 13.0. The second kappa shape index (κ2) is 7.54. The minimum Gasteiger partial charge on any atom is -0.504 e. The normalized spacial score (nSPS) is 35.3. The van der Waals surface area contributed by atoms with E-state index in [1.165, 1.54) is 30.4 Å². The molecule has 5 atom stereocenters. The van der Waals surface area contributed by atoms with E-state index in [4.69, 9.17) is 9.47 Å². The summed E-state index contributed by atoms with van der Waals surface area (Å²) < 4.78 is 11.3. The monoisotopic (exact) mass is 425 g/mol. The molecular formula is C26H35NO4. The van der Waals surface area contributed by atoms with E-state index < -0.39 is 0 Å². The van der Waals surface area contributed by atoms with Gasteiger partial charge in [-0.1, -0.05) is 18.1 Å². The van der Waals surface area contributed by atoms with Crippen molar-refractivity contribution in [2.24, 2.45) is 17.3 Å². The summed E-state index contributed by atoms with van der Waals surface area (Å²) in [5.41, 5.74) is 5.74. The van der Waals surface area contributed by atoms with Gasteiger partial charge in [-0.15, -0.1) is 0 Å². The fourth-order valence-electron chi connectivity index (χ4n) is 6.87. The Kier molecular flexibility index (Phi) is 5.08. The van der Waals surface area contributed by atoms with E-state index in [2.05, 4.69) is 25.7 Å². The second-order valence-electron chi connectivity index (χ2n) is 10.5. The predicted octanol–water partition coefficient (Wildman–Crippen LogP) is 4.78. The van der Waals surface area contributed by atoms with Crippen LogP contribution in [-0.2, 0) is 16.0 Å². The number of phenolic OH excluding ortho intramolecular Hbond substituents is 1. The third-order valence-electron chi connectivity index (χ3n) is 8.72. The molecule has 0 aromatic heterocycles. The smallest absolute Gasteiger partial charge is 0.310 e. The molecule has 2 aliphatic heterocycles. The number of esters is 1. The molecule has 168 valence electrons. The molecule has 1 N–H and O–H groups in total. The highest BCUT2D eigenvalue weighted by molar-refractivity contribution is 5.76. The van der Waals surface area contributed by atoms with Crippen LogP contribution < -0.4 is 4.74 Å². The first-order valence-electron chi connectivity index (χ1n) is 11.8. The summed E-state index contributed by atoms with van der Waals surface area (Å²) in [6, 6.07) is 3.97. The van der Waals surface area contributed by atoms with Gasteiger partial charge in [-0.25, -0.2) is 0 Å². The minimum absolute atomic E-state index is 0.00298. The third-order valence-corrected chi connectivity index (χ3v) is 8.72. The Morgan fingerprint density at radius 1 is 1.32 bits per heavy atom. The number of hydrogen-bond donors (Lipinski definition) is 1. The summed E-state index contributed by atoms with van der Waals surface area (Å²) >= 11 is 0. The van der Waals surface area contributed by atoms with Crippen molar-refractivity contribution in [3.05, 3.63) is 34.4 Å². The lowest BCUT2D eigenvalue weighted by molar-refractivity contribution is -0.145. The van der Waals surface area contributed by atoms with Crippen molar-refractivity contribution in [2.75, 3.05) is 20.2 Å². The molecule has 1 aromatic rings. The number of carbonyl (C=O) groups is 1. The van der Waals surface area contributed by atoms with Crippen molar-refractivity contribution in [3.8, 4) is 11.5 Å². The lowest BCUT2D eigenvalue weighted by Crippen LogP contribution is -2.43. The van der Waals surface area contributed by atoms with Crippen molar-refractivity contribution >= 4 is 5.97 Å². The Morgan fingerprint density at radius 2 is 2.13 bits per heavy atom. The van der Waals surface area contributed by atoms with Crippen LogP contribution in [0.4, 0.5) is 0 Å². The molecule has 2 heterocycles. The zero-order valence-electron chi connectivity index (χ0n) is 19.2. The van der Waals surface area contributed by atoms with Crippen molar-refractivity contribution in [1.29, 1.82) is 0 Å². The molecule has 2 aliphatic carbocycles. The Bertz CT molecular complexity index is 938. The Labute approximate surface area is 185 Å². The molecule has 0 radical (unpaired) electrons. The van der Waals surface area contributed by atoms with Gasteiger partial charge in [0.15, 0.2) is 11.5 Å². The summed E-state index contributed by atoms with van der Waals surface area (Å²) in [5.74, 6) is 0.952. The van der Waals surface area contributed by atoms with Crippen LogP contribution in [0.1, 0.15) is 70.0 Å². The van der Waals surface area contributed by atoms with E-state index in [9.17, 15) is 9.90 Å². The van der Waals surface area contributed by atoms with E-state index in [1.807, 2.05) is 12.1 Å². The molecule has 1 saturated carbocycles. The van der Waals surface area contributed by atoms with Crippen molar-refractivity contribution in [2.45, 2.75) is 71.4 Å². The SMILES string of the molecule is COc1cc2c(cc1O)CCN(CC1C(=O)OC3CC4(C)CCCC(C)=C4CC31)C2C. The minimum atomic E-state index is -0.0558. The molecule has 5 nitrogen and oxygen atoms in total. The molecule has 31 heavy (non-hydrogen) atoms. The lowest BCUT2D eigenvalue weighted by Gasteiger charge is -2.46. The maximum Gasteiger partial charge on any atom is 0.310 e. The number of fused-ring (bicyclic) bond motifs is 3. The topological polar surface area (TPSA) is 59.0 Å². The summed E-state index contributed by atoms with van der Waals surface area (Å²) in [6.45, 7) is 8.51. The van der Waals surface area contributed by atoms with Gasteiger partial charge in [0.05, 0.1) is 13.0 Å². The van der Waals surface area contributed by atoms with Crippen LogP contribution in [-0.4, -0.2) is 42.3 Å². The summed E-state index contributed by atoms with van der Waals surface area (Å²) in [5, 5.41) is 10.1. The van der Waals surface area contributed by atoms with Gasteiger partial charge in [0.1, 0.15) is 6.10 Å². The van der Waals surface area contributed by atoms with Gasteiger partial charge >= 0.3 is 5.97 Å². The largest absolute Gasteiger partial charge is 0.504 e. The summed E-state index contributed by atoms with van der Waals surface area (Å²) in [4.78, 5) is 15.4. The van der Waals surface area contributed by atoms with E-state index in [1.54, 1.807) is 18.3 Å². The van der Waals surface area contributed by atoms with E-state index in [0.29, 0.717) is 11.7 Å². The first kappa shape index (κ1) is 20.9. The highest BCUT2D eigenvalue weighted by Crippen LogP contribution is 2.55. The first-order valence-corrected chi connectivity index (χ1v) is 11.8. The molecule has 5 heteroatoms. The fraction of sp³-hybridized carbons (Fsp3) is 0.654. The number of allylic oxidation sites excluding steroid dienone is 2. The van der Waals surface area contributed by atoms with Gasteiger partial charge in [0.25, 0.3) is 0 Å². The summed E-state index contributed by atoms with van der Waals surface area (Å²) in [6.07, 6.45) is 6.63. The van der Waals surface area contributed by atoms with Crippen molar-refractivity contribution < 1.29 is 19.4 Å². The number of hydrogen-bond acceptors (Lipinski definition) is 5. The second-order valence-corrected chi connectivity index (χ2v) is 10.5. The van der Waals surface area contributed by atoms with Gasteiger partial charge in [-0.05, 0) is 81.0 Å². The molecule has 0 bridgehead atoms. The molecule has 0 amide bonds. The molecule has 2 fully saturated rings. The lowest BCUT2D eigenvalue weighted by atomic mass is 9.59. The number of nitrogens with zero attached hydrogens (tertiary/aromatic N) is 1. The number of methoxy groups -OCH3 is 1. The Morgan fingerprint density at radius 3 is 2.90 bits per heavy atom. The molecule has 1 aromatic carbocycles. The van der Waals surface area contributed by atoms with Crippen LogP contribution >= 0.6 is 0 Å². The third kappa shape index (κ3) is 3.36. The molecule has 1 saturated heterocycles. The average Bonchev–Trinajstić information content (AvgIpc) is 3.02. The van der Waals surface area contributed by atoms with E-state index in [-0.39, 0.29) is 35.2 Å². The molecule has 5 unspecified atom stereocenters. The standard InChI is InChI=1S/C26H35NO4/c1-15-6-5-8-26(3)13-24-19(11-21(15)26)20(25(29)31-24)14-27-9-7-17-10-22(28)23(30-4)12-18(17)16(27)2/h10,12,16,19-20,24,28H,5-9,11,13-14H2,1-4H3. The van der Waals surface area contributed by atoms with Crippen LogP contribution in [0.5, 0.6) is 11.5 Å². The zero-order valence-corrected chi connectivity index (χ0v) is 19.2. The van der Waals surface area contributed by atoms with Crippen LogP contribution in [0.15, 0.2) is 23.3 Å². The number of phenols is 1. The Hall–Kier alpha value is -2.01. The highest BCUT2D eigenvalue weighted by Gasteiger charge is 2.53. The first-order chi connectivity index (χ1) is 14.8. The van der Waals surface area contributed by atoms with Crippen LogP contribution in [0.2, 0.25) is 0 Å². The van der Waals surface area contributed by atoms with Crippen LogP contribution in [0, 0.1) is 17.3 Å². The van der Waals surface area contributed by atoms with Crippen molar-refractivity contribution in [3.63, 3.8) is 0 Å². The maximum atomic E-state index is 13.0. The van der Waals surface area contributed by atoms with Gasteiger partial charge in [-0.3, -0.25) is 9.69 Å². The van der Waals surface area contributed by atoms with Gasteiger partial charge in [-0.2, -0.15) is 0 Å². The molecule has 4 aliphatic rings. The predicted molar refractivity (Wildman–Crippen MR) is 119 cm³/mol. The van der Waals surface area contributed by atoms with Gasteiger partial charge < -0.3 is 14.6 Å². The Balaban J connectivity index is 1.37. The zero-order chi connectivity index (χ0) is 21.9. The summed E-state index contributed by atoms with van der Waals surface area (Å²) in [7, 11) is 1.58. The number of aromatic hydroxyl groups is 1. The van der Waals surface area contributed by atoms with Crippen LogP contribution in [0.25, 0.3) is 0 Å².